The highest BCUT2D eigenvalue weighted by atomic mass is 32.2. The smallest absolute Gasteiger partial charge is 0.240 e. The normalized spacial score (nSPS) is 12.5. The first-order valence-corrected chi connectivity index (χ1v) is 13.3. The number of H-pyrrole nitrogens is 1. The average Bonchev–Trinajstić information content (AvgIpc) is 3.32. The zero-order valence-electron chi connectivity index (χ0n) is 17.9. The number of hydrogen-bond donors (Lipinski definition) is 2. The summed E-state index contributed by atoms with van der Waals surface area (Å²) in [6.07, 6.45) is 4.00. The van der Waals surface area contributed by atoms with Gasteiger partial charge in [0, 0.05) is 17.8 Å². The second-order valence-electron chi connectivity index (χ2n) is 7.52. The Hall–Kier alpha value is -3.22. The number of pyridine rings is 1. The largest absolute Gasteiger partial charge is 0.264 e. The Labute approximate surface area is 191 Å². The SMILES string of the molecule is CCC(CC)S(=O)(=O)c1ccc(-c2ccc3cnccc3c2)c(-c2nn[nH]n2)c1S(N)(=O)=O. The zero-order chi connectivity index (χ0) is 23.8. The fourth-order valence-electron chi connectivity index (χ4n) is 3.96. The van der Waals surface area contributed by atoms with E-state index in [2.05, 4.69) is 25.6 Å². The van der Waals surface area contributed by atoms with E-state index < -0.39 is 30.0 Å². The van der Waals surface area contributed by atoms with Crippen molar-refractivity contribution >= 4 is 30.6 Å². The van der Waals surface area contributed by atoms with Crippen LogP contribution in [0.15, 0.2) is 58.6 Å². The second kappa shape index (κ2) is 8.61. The number of sulfonamides is 1. The van der Waals surface area contributed by atoms with Gasteiger partial charge in [-0.3, -0.25) is 4.98 Å². The molecule has 0 radical (unpaired) electrons. The third-order valence-electron chi connectivity index (χ3n) is 5.58. The summed E-state index contributed by atoms with van der Waals surface area (Å²) in [4.78, 5) is 3.19. The molecule has 33 heavy (non-hydrogen) atoms. The van der Waals surface area contributed by atoms with Crippen molar-refractivity contribution in [3.8, 4) is 22.5 Å². The Morgan fingerprint density at radius 2 is 1.76 bits per heavy atom. The lowest BCUT2D eigenvalue weighted by molar-refractivity contribution is 0.565. The first-order chi connectivity index (χ1) is 15.7. The van der Waals surface area contributed by atoms with Gasteiger partial charge in [0.15, 0.2) is 9.84 Å². The van der Waals surface area contributed by atoms with Gasteiger partial charge in [-0.25, -0.2) is 22.0 Å². The standard InChI is InChI=1S/C21H22N6O4S2/c1-3-16(4-2)32(28,29)18-8-7-17(14-5-6-15-12-23-10-9-13(15)11-14)19(20(18)33(22,30)31)21-24-26-27-25-21/h5-12,16H,3-4H2,1-2H3,(H2,22,30,31)(H,24,25,26,27). The van der Waals surface area contributed by atoms with Crippen LogP contribution in [0.5, 0.6) is 0 Å². The predicted octanol–water partition coefficient (Wildman–Crippen LogP) is 2.69. The molecule has 4 aromatic rings. The third kappa shape index (κ3) is 4.12. The minimum Gasteiger partial charge on any atom is -0.264 e. The van der Waals surface area contributed by atoms with Gasteiger partial charge in [-0.2, -0.15) is 5.21 Å². The summed E-state index contributed by atoms with van der Waals surface area (Å²) < 4.78 is 52.5. The number of nitrogens with one attached hydrogen (secondary N) is 1. The van der Waals surface area contributed by atoms with E-state index in [-0.39, 0.29) is 16.3 Å². The maximum atomic E-state index is 13.4. The molecule has 0 unspecified atom stereocenters. The van der Waals surface area contributed by atoms with Crippen molar-refractivity contribution in [2.45, 2.75) is 41.7 Å². The van der Waals surface area contributed by atoms with Crippen LogP contribution in [0.2, 0.25) is 0 Å². The maximum absolute atomic E-state index is 13.4. The van der Waals surface area contributed by atoms with E-state index in [4.69, 9.17) is 5.14 Å². The number of rotatable bonds is 7. The Balaban J connectivity index is 2.11. The van der Waals surface area contributed by atoms with Crippen LogP contribution >= 0.6 is 0 Å². The molecule has 0 aliphatic rings. The van der Waals surface area contributed by atoms with E-state index in [1.165, 1.54) is 6.07 Å². The van der Waals surface area contributed by atoms with Crippen molar-refractivity contribution in [2.75, 3.05) is 0 Å². The van der Waals surface area contributed by atoms with Gasteiger partial charge in [-0.05, 0) is 52.8 Å². The summed E-state index contributed by atoms with van der Waals surface area (Å²) >= 11 is 0. The molecule has 2 aromatic heterocycles. The van der Waals surface area contributed by atoms with Crippen LogP contribution in [0, 0.1) is 0 Å². The lowest BCUT2D eigenvalue weighted by atomic mass is 9.97. The maximum Gasteiger partial charge on any atom is 0.240 e. The number of fused-ring (bicyclic) bond motifs is 1. The number of tetrazole rings is 1. The van der Waals surface area contributed by atoms with Crippen LogP contribution in [-0.4, -0.2) is 47.7 Å². The molecule has 0 saturated carbocycles. The van der Waals surface area contributed by atoms with Gasteiger partial charge < -0.3 is 0 Å². The van der Waals surface area contributed by atoms with Gasteiger partial charge in [0.05, 0.1) is 15.7 Å². The molecule has 2 aromatic carbocycles. The van der Waals surface area contributed by atoms with E-state index in [0.717, 1.165) is 10.8 Å². The van der Waals surface area contributed by atoms with Gasteiger partial charge in [0.2, 0.25) is 15.8 Å². The van der Waals surface area contributed by atoms with E-state index in [9.17, 15) is 16.8 Å². The highest BCUT2D eigenvalue weighted by Gasteiger charge is 2.35. The fraction of sp³-hybridized carbons (Fsp3) is 0.238. The Morgan fingerprint density at radius 1 is 1.00 bits per heavy atom. The van der Waals surface area contributed by atoms with Crippen molar-refractivity contribution in [2.24, 2.45) is 5.14 Å². The number of nitrogens with two attached hydrogens (primary N) is 1. The Kier molecular flexibility index (Phi) is 5.99. The number of nitrogens with zero attached hydrogens (tertiary/aromatic N) is 4. The molecule has 0 aliphatic carbocycles. The van der Waals surface area contributed by atoms with Crippen molar-refractivity contribution < 1.29 is 16.8 Å². The second-order valence-corrected chi connectivity index (χ2v) is 11.2. The molecule has 2 heterocycles. The monoisotopic (exact) mass is 486 g/mol. The summed E-state index contributed by atoms with van der Waals surface area (Å²) in [6.45, 7) is 3.47. The summed E-state index contributed by atoms with van der Waals surface area (Å²) in [7, 11) is -8.52. The molecular weight excluding hydrogens is 464 g/mol. The highest BCUT2D eigenvalue weighted by Crippen LogP contribution is 2.40. The molecule has 0 atom stereocenters. The first-order valence-electron chi connectivity index (χ1n) is 10.2. The molecule has 0 saturated heterocycles. The summed E-state index contributed by atoms with van der Waals surface area (Å²) in [5.41, 5.74) is 1.01. The first kappa shape index (κ1) is 23.0. The quantitative estimate of drug-likeness (QED) is 0.403. The molecule has 10 nitrogen and oxygen atoms in total. The molecule has 0 amide bonds. The summed E-state index contributed by atoms with van der Waals surface area (Å²) in [5, 5.41) is 20.3. The molecule has 0 aliphatic heterocycles. The third-order valence-corrected chi connectivity index (χ3v) is 9.20. The van der Waals surface area contributed by atoms with E-state index in [1.807, 2.05) is 18.2 Å². The molecule has 4 rings (SSSR count). The topological polar surface area (TPSA) is 162 Å². The Morgan fingerprint density at radius 3 is 2.39 bits per heavy atom. The molecule has 0 spiro atoms. The minimum absolute atomic E-state index is 0.0216. The number of aromatic amines is 1. The van der Waals surface area contributed by atoms with E-state index in [0.29, 0.717) is 24.0 Å². The minimum atomic E-state index is -4.51. The number of sulfone groups is 1. The van der Waals surface area contributed by atoms with Crippen LogP contribution in [0.4, 0.5) is 0 Å². The van der Waals surface area contributed by atoms with Gasteiger partial charge in [0.1, 0.15) is 4.90 Å². The molecule has 172 valence electrons. The van der Waals surface area contributed by atoms with Crippen LogP contribution in [-0.2, 0) is 19.9 Å². The summed E-state index contributed by atoms with van der Waals surface area (Å²) in [6, 6.07) is 10.1. The van der Waals surface area contributed by atoms with Crippen molar-refractivity contribution in [1.82, 2.24) is 25.6 Å². The lowest BCUT2D eigenvalue weighted by Crippen LogP contribution is -2.25. The molecule has 3 N–H and O–H groups in total. The predicted molar refractivity (Wildman–Crippen MR) is 123 cm³/mol. The van der Waals surface area contributed by atoms with Crippen molar-refractivity contribution in [1.29, 1.82) is 0 Å². The van der Waals surface area contributed by atoms with Crippen molar-refractivity contribution in [3.63, 3.8) is 0 Å². The van der Waals surface area contributed by atoms with Gasteiger partial charge in [0.25, 0.3) is 0 Å². The van der Waals surface area contributed by atoms with Crippen molar-refractivity contribution in [3.05, 3.63) is 48.8 Å². The average molecular weight is 487 g/mol. The van der Waals surface area contributed by atoms with Crippen LogP contribution in [0.25, 0.3) is 33.3 Å². The van der Waals surface area contributed by atoms with Crippen LogP contribution in [0.3, 0.4) is 0 Å². The summed E-state index contributed by atoms with van der Waals surface area (Å²) in [5.74, 6) is -0.0783. The molecule has 0 fully saturated rings. The number of benzene rings is 2. The van der Waals surface area contributed by atoms with Crippen LogP contribution in [0.1, 0.15) is 26.7 Å². The number of aromatic nitrogens is 5. The Bertz CT molecular complexity index is 1530. The molecular formula is C21H22N6O4S2. The lowest BCUT2D eigenvalue weighted by Gasteiger charge is -2.20. The highest BCUT2D eigenvalue weighted by molar-refractivity contribution is 7.94. The molecule has 12 heteroatoms. The van der Waals surface area contributed by atoms with E-state index >= 15 is 0 Å². The number of primary sulfonamides is 1. The number of hydrogen-bond acceptors (Lipinski definition) is 8. The van der Waals surface area contributed by atoms with E-state index in [1.54, 1.807) is 38.4 Å². The molecule has 0 bridgehead atoms. The van der Waals surface area contributed by atoms with Gasteiger partial charge >= 0.3 is 0 Å². The van der Waals surface area contributed by atoms with Gasteiger partial charge in [-0.15, -0.1) is 10.2 Å². The van der Waals surface area contributed by atoms with Crippen LogP contribution < -0.4 is 5.14 Å². The fourth-order valence-corrected chi connectivity index (χ4v) is 7.34. The zero-order valence-corrected chi connectivity index (χ0v) is 19.6. The van der Waals surface area contributed by atoms with Gasteiger partial charge in [-0.1, -0.05) is 32.0 Å².